The van der Waals surface area contributed by atoms with Crippen LogP contribution < -0.4 is 5.32 Å². The van der Waals surface area contributed by atoms with E-state index < -0.39 is 9.84 Å². The van der Waals surface area contributed by atoms with Crippen LogP contribution in [0.25, 0.3) is 0 Å². The SMILES string of the molecule is CCC1CCC(CNC2CC2)C(CCCS(C)(=O)=O)C1. The van der Waals surface area contributed by atoms with Crippen LogP contribution in [0.4, 0.5) is 0 Å². The molecule has 0 aromatic heterocycles. The molecule has 0 aromatic carbocycles. The molecule has 2 aliphatic carbocycles. The van der Waals surface area contributed by atoms with Crippen molar-refractivity contribution in [3.63, 3.8) is 0 Å². The van der Waals surface area contributed by atoms with Crippen LogP contribution in [0.15, 0.2) is 0 Å². The average Bonchev–Trinajstić information content (AvgIpc) is 3.19. The molecule has 20 heavy (non-hydrogen) atoms. The molecule has 0 radical (unpaired) electrons. The van der Waals surface area contributed by atoms with Crippen molar-refractivity contribution in [1.29, 1.82) is 0 Å². The van der Waals surface area contributed by atoms with E-state index in [-0.39, 0.29) is 0 Å². The summed E-state index contributed by atoms with van der Waals surface area (Å²) in [6.45, 7) is 3.45. The topological polar surface area (TPSA) is 46.2 Å². The van der Waals surface area contributed by atoms with Crippen molar-refractivity contribution < 1.29 is 8.42 Å². The Morgan fingerprint density at radius 3 is 2.45 bits per heavy atom. The van der Waals surface area contributed by atoms with E-state index in [1.807, 2.05) is 0 Å². The van der Waals surface area contributed by atoms with E-state index in [2.05, 4.69) is 12.2 Å². The molecule has 2 fully saturated rings. The van der Waals surface area contributed by atoms with Crippen LogP contribution in [0.5, 0.6) is 0 Å². The van der Waals surface area contributed by atoms with Crippen LogP contribution in [0.3, 0.4) is 0 Å². The number of hydrogen-bond acceptors (Lipinski definition) is 3. The molecule has 0 heterocycles. The molecular formula is C16H31NO2S. The van der Waals surface area contributed by atoms with Gasteiger partial charge in [-0.15, -0.1) is 0 Å². The monoisotopic (exact) mass is 301 g/mol. The first-order valence-electron chi connectivity index (χ1n) is 8.39. The predicted octanol–water partition coefficient (Wildman–Crippen LogP) is 3.01. The van der Waals surface area contributed by atoms with Crippen molar-refractivity contribution in [2.75, 3.05) is 18.6 Å². The van der Waals surface area contributed by atoms with E-state index in [0.717, 1.165) is 43.2 Å². The summed E-state index contributed by atoms with van der Waals surface area (Å²) in [5, 5.41) is 3.68. The Bertz CT molecular complexity index is 389. The first-order valence-corrected chi connectivity index (χ1v) is 10.4. The number of hydrogen-bond donors (Lipinski definition) is 1. The minimum atomic E-state index is -2.79. The van der Waals surface area contributed by atoms with Gasteiger partial charge in [0.05, 0.1) is 0 Å². The van der Waals surface area contributed by atoms with Crippen molar-refractivity contribution >= 4 is 9.84 Å². The van der Waals surface area contributed by atoms with Crippen molar-refractivity contribution in [1.82, 2.24) is 5.32 Å². The van der Waals surface area contributed by atoms with Gasteiger partial charge in [0.25, 0.3) is 0 Å². The van der Waals surface area contributed by atoms with Crippen molar-refractivity contribution in [2.24, 2.45) is 17.8 Å². The lowest BCUT2D eigenvalue weighted by atomic mass is 9.71. The highest BCUT2D eigenvalue weighted by atomic mass is 32.2. The lowest BCUT2D eigenvalue weighted by molar-refractivity contribution is 0.162. The molecule has 3 nitrogen and oxygen atoms in total. The molecule has 0 amide bonds. The second kappa shape index (κ2) is 7.26. The number of rotatable bonds is 8. The largest absolute Gasteiger partial charge is 0.314 e. The van der Waals surface area contributed by atoms with Crippen LogP contribution in [0.2, 0.25) is 0 Å². The Morgan fingerprint density at radius 1 is 1.10 bits per heavy atom. The molecule has 2 aliphatic rings. The normalized spacial score (nSPS) is 31.4. The first kappa shape index (κ1) is 16.3. The molecule has 0 spiro atoms. The molecule has 3 atom stereocenters. The van der Waals surface area contributed by atoms with E-state index in [9.17, 15) is 8.42 Å². The number of sulfone groups is 1. The van der Waals surface area contributed by atoms with Crippen molar-refractivity contribution in [2.45, 2.75) is 64.3 Å². The summed E-state index contributed by atoms with van der Waals surface area (Å²) >= 11 is 0. The minimum absolute atomic E-state index is 0.364. The molecule has 2 rings (SSSR count). The fourth-order valence-corrected chi connectivity index (χ4v) is 4.32. The van der Waals surface area contributed by atoms with Gasteiger partial charge in [0.1, 0.15) is 9.84 Å². The summed E-state index contributed by atoms with van der Waals surface area (Å²) in [5.74, 6) is 2.75. The average molecular weight is 301 g/mol. The smallest absolute Gasteiger partial charge is 0.147 e. The highest BCUT2D eigenvalue weighted by Gasteiger charge is 2.31. The van der Waals surface area contributed by atoms with Crippen LogP contribution in [0.1, 0.15) is 58.3 Å². The fraction of sp³-hybridized carbons (Fsp3) is 1.00. The highest BCUT2D eigenvalue weighted by Crippen LogP contribution is 2.38. The van der Waals surface area contributed by atoms with Crippen LogP contribution in [0, 0.1) is 17.8 Å². The Balaban J connectivity index is 1.80. The van der Waals surface area contributed by atoms with Gasteiger partial charge in [-0.2, -0.15) is 0 Å². The van der Waals surface area contributed by atoms with Gasteiger partial charge in [0, 0.05) is 18.1 Å². The first-order chi connectivity index (χ1) is 9.48. The zero-order chi connectivity index (χ0) is 14.6. The summed E-state index contributed by atoms with van der Waals surface area (Å²) in [4.78, 5) is 0. The Morgan fingerprint density at radius 2 is 1.85 bits per heavy atom. The van der Waals surface area contributed by atoms with Crippen LogP contribution >= 0.6 is 0 Å². The Labute approximate surface area is 124 Å². The van der Waals surface area contributed by atoms with Crippen molar-refractivity contribution in [3.05, 3.63) is 0 Å². The van der Waals surface area contributed by atoms with Gasteiger partial charge >= 0.3 is 0 Å². The highest BCUT2D eigenvalue weighted by molar-refractivity contribution is 7.90. The maximum Gasteiger partial charge on any atom is 0.147 e. The molecule has 0 aromatic rings. The molecule has 3 unspecified atom stereocenters. The third-order valence-corrected chi connectivity index (χ3v) is 6.19. The van der Waals surface area contributed by atoms with E-state index in [1.165, 1.54) is 44.8 Å². The quantitative estimate of drug-likeness (QED) is 0.749. The van der Waals surface area contributed by atoms with Gasteiger partial charge < -0.3 is 5.32 Å². The minimum Gasteiger partial charge on any atom is -0.314 e. The lowest BCUT2D eigenvalue weighted by Crippen LogP contribution is -2.34. The maximum absolute atomic E-state index is 11.3. The third-order valence-electron chi connectivity index (χ3n) is 5.16. The third kappa shape index (κ3) is 5.72. The molecule has 4 heteroatoms. The van der Waals surface area contributed by atoms with Crippen molar-refractivity contribution in [3.8, 4) is 0 Å². The molecular weight excluding hydrogens is 270 g/mol. The van der Waals surface area contributed by atoms with E-state index >= 15 is 0 Å². The van der Waals surface area contributed by atoms with Crippen LogP contribution in [-0.4, -0.2) is 33.0 Å². The molecule has 0 bridgehead atoms. The summed E-state index contributed by atoms with van der Waals surface area (Å²) in [5.41, 5.74) is 0. The number of nitrogens with one attached hydrogen (secondary N) is 1. The Kier molecular flexibility index (Phi) is 5.91. The summed E-state index contributed by atoms with van der Waals surface area (Å²) in [7, 11) is -2.79. The fourth-order valence-electron chi connectivity index (χ4n) is 3.63. The van der Waals surface area contributed by atoms with Gasteiger partial charge in [-0.1, -0.05) is 19.8 Å². The predicted molar refractivity (Wildman–Crippen MR) is 84.6 cm³/mol. The second-order valence-electron chi connectivity index (χ2n) is 7.06. The van der Waals surface area contributed by atoms with E-state index in [4.69, 9.17) is 0 Å². The van der Waals surface area contributed by atoms with Gasteiger partial charge in [-0.05, 0) is 62.8 Å². The van der Waals surface area contributed by atoms with Gasteiger partial charge in [-0.3, -0.25) is 0 Å². The standard InChI is InChI=1S/C16H31NO2S/c1-3-13-6-7-15(12-17-16-8-9-16)14(11-13)5-4-10-20(2,18)19/h13-17H,3-12H2,1-2H3. The summed E-state index contributed by atoms with van der Waals surface area (Å²) in [6, 6.07) is 0.788. The van der Waals surface area contributed by atoms with Gasteiger partial charge in [0.15, 0.2) is 0 Å². The van der Waals surface area contributed by atoms with E-state index in [1.54, 1.807) is 0 Å². The zero-order valence-electron chi connectivity index (χ0n) is 13.1. The molecule has 0 aliphatic heterocycles. The van der Waals surface area contributed by atoms with Gasteiger partial charge in [-0.25, -0.2) is 8.42 Å². The lowest BCUT2D eigenvalue weighted by Gasteiger charge is -2.36. The zero-order valence-corrected chi connectivity index (χ0v) is 13.9. The molecule has 2 saturated carbocycles. The molecule has 1 N–H and O–H groups in total. The maximum atomic E-state index is 11.3. The van der Waals surface area contributed by atoms with Crippen LogP contribution in [-0.2, 0) is 9.84 Å². The Hall–Kier alpha value is -0.0900. The summed E-state index contributed by atoms with van der Waals surface area (Å²) in [6.07, 6.45) is 11.3. The molecule has 0 saturated heterocycles. The molecule has 118 valence electrons. The van der Waals surface area contributed by atoms with Gasteiger partial charge in [0.2, 0.25) is 0 Å². The van der Waals surface area contributed by atoms with E-state index in [0.29, 0.717) is 5.75 Å². The second-order valence-corrected chi connectivity index (χ2v) is 9.32. The summed E-state index contributed by atoms with van der Waals surface area (Å²) < 4.78 is 22.6.